The Morgan fingerprint density at radius 1 is 1.22 bits per heavy atom. The van der Waals surface area contributed by atoms with Crippen LogP contribution < -0.4 is 5.32 Å². The van der Waals surface area contributed by atoms with Crippen LogP contribution in [0.3, 0.4) is 0 Å². The van der Waals surface area contributed by atoms with E-state index in [0.29, 0.717) is 11.8 Å². The minimum Gasteiger partial charge on any atom is -0.323 e. The van der Waals surface area contributed by atoms with Gasteiger partial charge in [0.15, 0.2) is 0 Å². The number of carbonyl (C=O) groups excluding carboxylic acids is 1. The minimum absolute atomic E-state index is 0.00760. The molecule has 2 aliphatic rings. The second-order valence-electron chi connectivity index (χ2n) is 5.39. The van der Waals surface area contributed by atoms with Crippen molar-refractivity contribution in [1.82, 2.24) is 0 Å². The standard InChI is InChI=1S/C14H15F2NO/c15-10-3-4-13(12(16)7-10)17-14(18)11-6-8-1-2-9(11)5-8/h3-4,7-9,11H,1-2,5-6H2,(H,17,18)/t8-,9-,11-/m1/s1. The third-order valence-electron chi connectivity index (χ3n) is 4.26. The van der Waals surface area contributed by atoms with Gasteiger partial charge in [-0.3, -0.25) is 4.79 Å². The maximum absolute atomic E-state index is 13.4. The lowest BCUT2D eigenvalue weighted by atomic mass is 9.88. The fourth-order valence-corrected chi connectivity index (χ4v) is 3.38. The van der Waals surface area contributed by atoms with Crippen LogP contribution in [-0.2, 0) is 4.79 Å². The molecule has 2 saturated carbocycles. The van der Waals surface area contributed by atoms with Gasteiger partial charge >= 0.3 is 0 Å². The Hall–Kier alpha value is -1.45. The third-order valence-corrected chi connectivity index (χ3v) is 4.26. The zero-order chi connectivity index (χ0) is 12.7. The smallest absolute Gasteiger partial charge is 0.227 e. The van der Waals surface area contributed by atoms with Gasteiger partial charge in [0.2, 0.25) is 5.91 Å². The van der Waals surface area contributed by atoms with Gasteiger partial charge in [-0.25, -0.2) is 8.78 Å². The number of halogens is 2. The van der Waals surface area contributed by atoms with E-state index in [4.69, 9.17) is 0 Å². The van der Waals surface area contributed by atoms with Crippen LogP contribution in [-0.4, -0.2) is 5.91 Å². The van der Waals surface area contributed by atoms with Crippen molar-refractivity contribution in [2.45, 2.75) is 25.7 Å². The van der Waals surface area contributed by atoms with Crippen molar-refractivity contribution in [3.8, 4) is 0 Å². The molecule has 1 N–H and O–H groups in total. The Balaban J connectivity index is 1.71. The van der Waals surface area contributed by atoms with Crippen LogP contribution in [0.1, 0.15) is 25.7 Å². The van der Waals surface area contributed by atoms with Gasteiger partial charge in [-0.05, 0) is 43.2 Å². The maximum Gasteiger partial charge on any atom is 0.227 e. The molecule has 0 heterocycles. The minimum atomic E-state index is -0.716. The number of carbonyl (C=O) groups is 1. The van der Waals surface area contributed by atoms with Crippen LogP contribution in [0.25, 0.3) is 0 Å². The number of hydrogen-bond donors (Lipinski definition) is 1. The monoisotopic (exact) mass is 251 g/mol. The first kappa shape index (κ1) is 11.6. The summed E-state index contributed by atoms with van der Waals surface area (Å²) in [7, 11) is 0. The van der Waals surface area contributed by atoms with Crippen molar-refractivity contribution in [2.24, 2.45) is 17.8 Å². The lowest BCUT2D eigenvalue weighted by molar-refractivity contribution is -0.121. The van der Waals surface area contributed by atoms with E-state index < -0.39 is 11.6 Å². The predicted molar refractivity (Wildman–Crippen MR) is 63.9 cm³/mol. The van der Waals surface area contributed by atoms with Crippen molar-refractivity contribution >= 4 is 11.6 Å². The SMILES string of the molecule is O=C(Nc1ccc(F)cc1F)[C@@H]1C[C@@H]2CC[C@@H]1C2. The van der Waals surface area contributed by atoms with Crippen LogP contribution in [0.15, 0.2) is 18.2 Å². The molecule has 18 heavy (non-hydrogen) atoms. The van der Waals surface area contributed by atoms with Crippen LogP contribution >= 0.6 is 0 Å². The number of nitrogens with one attached hydrogen (secondary N) is 1. The van der Waals surface area contributed by atoms with E-state index >= 15 is 0 Å². The van der Waals surface area contributed by atoms with E-state index in [1.807, 2.05) is 0 Å². The van der Waals surface area contributed by atoms with E-state index in [2.05, 4.69) is 5.32 Å². The molecule has 96 valence electrons. The Kier molecular flexibility index (Phi) is 2.80. The molecule has 4 heteroatoms. The van der Waals surface area contributed by atoms with Crippen molar-refractivity contribution in [1.29, 1.82) is 0 Å². The molecule has 0 aliphatic heterocycles. The zero-order valence-electron chi connectivity index (χ0n) is 9.96. The maximum atomic E-state index is 13.4. The summed E-state index contributed by atoms with van der Waals surface area (Å²) in [5.41, 5.74) is 0.0733. The molecular formula is C14H15F2NO. The fourth-order valence-electron chi connectivity index (χ4n) is 3.38. The van der Waals surface area contributed by atoms with Crippen LogP contribution in [0.2, 0.25) is 0 Å². The second-order valence-corrected chi connectivity index (χ2v) is 5.39. The summed E-state index contributed by atoms with van der Waals surface area (Å²) in [5.74, 6) is -0.333. The van der Waals surface area contributed by atoms with Crippen LogP contribution in [0.4, 0.5) is 14.5 Å². The summed E-state index contributed by atoms with van der Waals surface area (Å²) in [6.45, 7) is 0. The van der Waals surface area contributed by atoms with E-state index in [0.717, 1.165) is 31.4 Å². The van der Waals surface area contributed by atoms with Crippen LogP contribution in [0, 0.1) is 29.4 Å². The molecule has 3 rings (SSSR count). The van der Waals surface area contributed by atoms with Gasteiger partial charge in [0.1, 0.15) is 11.6 Å². The molecule has 0 unspecified atom stereocenters. The van der Waals surface area contributed by atoms with Crippen molar-refractivity contribution in [2.75, 3.05) is 5.32 Å². The Bertz CT molecular complexity index is 489. The van der Waals surface area contributed by atoms with Crippen molar-refractivity contribution in [3.05, 3.63) is 29.8 Å². The normalized spacial score (nSPS) is 29.6. The number of amides is 1. The summed E-state index contributed by atoms with van der Waals surface area (Å²) in [5, 5.41) is 2.58. The summed E-state index contributed by atoms with van der Waals surface area (Å²) in [6, 6.07) is 3.21. The van der Waals surface area contributed by atoms with Gasteiger partial charge in [0, 0.05) is 12.0 Å². The van der Waals surface area contributed by atoms with E-state index in [9.17, 15) is 13.6 Å². The molecule has 0 spiro atoms. The molecular weight excluding hydrogens is 236 g/mol. The van der Waals surface area contributed by atoms with Gasteiger partial charge in [-0.15, -0.1) is 0 Å². The van der Waals surface area contributed by atoms with Gasteiger partial charge in [-0.1, -0.05) is 6.42 Å². The summed E-state index contributed by atoms with van der Waals surface area (Å²) in [4.78, 5) is 12.1. The number of rotatable bonds is 2. The van der Waals surface area contributed by atoms with Crippen molar-refractivity contribution in [3.63, 3.8) is 0 Å². The predicted octanol–water partition coefficient (Wildman–Crippen LogP) is 3.34. The number of anilines is 1. The average molecular weight is 251 g/mol. The number of hydrogen-bond acceptors (Lipinski definition) is 1. The van der Waals surface area contributed by atoms with Crippen LogP contribution in [0.5, 0.6) is 0 Å². The third kappa shape index (κ3) is 2.00. The summed E-state index contributed by atoms with van der Waals surface area (Å²) in [6.07, 6.45) is 4.37. The largest absolute Gasteiger partial charge is 0.323 e. The van der Waals surface area contributed by atoms with E-state index in [1.165, 1.54) is 12.5 Å². The van der Waals surface area contributed by atoms with E-state index in [-0.39, 0.29) is 17.5 Å². The molecule has 1 aromatic carbocycles. The fraction of sp³-hybridized carbons (Fsp3) is 0.500. The highest BCUT2D eigenvalue weighted by atomic mass is 19.1. The first-order valence-corrected chi connectivity index (χ1v) is 6.39. The number of fused-ring (bicyclic) bond motifs is 2. The lowest BCUT2D eigenvalue weighted by Crippen LogP contribution is -2.27. The molecule has 0 radical (unpaired) electrons. The molecule has 2 aliphatic carbocycles. The summed E-state index contributed by atoms with van der Waals surface area (Å²) >= 11 is 0. The van der Waals surface area contributed by atoms with E-state index in [1.54, 1.807) is 0 Å². The average Bonchev–Trinajstić information content (AvgIpc) is 2.94. The second kappa shape index (κ2) is 4.34. The molecule has 1 aromatic rings. The Labute approximate surface area is 104 Å². The molecule has 3 atom stereocenters. The first-order valence-electron chi connectivity index (χ1n) is 6.39. The zero-order valence-corrected chi connectivity index (χ0v) is 9.96. The summed E-state index contributed by atoms with van der Waals surface area (Å²) < 4.78 is 26.2. The Morgan fingerprint density at radius 3 is 2.67 bits per heavy atom. The quantitative estimate of drug-likeness (QED) is 0.858. The molecule has 2 fully saturated rings. The molecule has 2 nitrogen and oxygen atoms in total. The highest BCUT2D eigenvalue weighted by Gasteiger charge is 2.43. The van der Waals surface area contributed by atoms with Crippen molar-refractivity contribution < 1.29 is 13.6 Å². The first-order chi connectivity index (χ1) is 8.63. The number of benzene rings is 1. The molecule has 0 saturated heterocycles. The highest BCUT2D eigenvalue weighted by molar-refractivity contribution is 5.93. The Morgan fingerprint density at radius 2 is 2.06 bits per heavy atom. The highest BCUT2D eigenvalue weighted by Crippen LogP contribution is 2.48. The lowest BCUT2D eigenvalue weighted by Gasteiger charge is -2.20. The molecule has 2 bridgehead atoms. The molecule has 0 aromatic heterocycles. The van der Waals surface area contributed by atoms with Gasteiger partial charge in [0.05, 0.1) is 5.69 Å². The topological polar surface area (TPSA) is 29.1 Å². The van der Waals surface area contributed by atoms with Gasteiger partial charge < -0.3 is 5.32 Å². The molecule has 1 amide bonds. The van der Waals surface area contributed by atoms with Gasteiger partial charge in [-0.2, -0.15) is 0 Å². The van der Waals surface area contributed by atoms with Gasteiger partial charge in [0.25, 0.3) is 0 Å².